The summed E-state index contributed by atoms with van der Waals surface area (Å²) in [6.07, 6.45) is 0.947. The van der Waals surface area contributed by atoms with Crippen molar-refractivity contribution in [2.24, 2.45) is 0 Å². The Kier molecular flexibility index (Phi) is 6.67. The summed E-state index contributed by atoms with van der Waals surface area (Å²) in [6, 6.07) is 9.46. The van der Waals surface area contributed by atoms with Crippen LogP contribution >= 0.6 is 22.9 Å². The Bertz CT molecular complexity index is 1330. The van der Waals surface area contributed by atoms with Crippen molar-refractivity contribution in [1.82, 2.24) is 10.2 Å². The molecule has 15 heteroatoms. The first kappa shape index (κ1) is 23.1. The summed E-state index contributed by atoms with van der Waals surface area (Å²) in [5, 5.41) is 23.0. The zero-order valence-corrected chi connectivity index (χ0v) is 18.4. The molecule has 0 radical (unpaired) electrons. The van der Waals surface area contributed by atoms with Crippen LogP contribution in [0.15, 0.2) is 42.5 Å². The maximum Gasteiger partial charge on any atom is 0.270 e. The maximum atomic E-state index is 12.7. The molecule has 2 aromatic carbocycles. The summed E-state index contributed by atoms with van der Waals surface area (Å²) in [5.74, 6) is -1.32. The Morgan fingerprint density at radius 1 is 1.03 bits per heavy atom. The number of hydrogen-bond donors (Lipinski definition) is 3. The highest BCUT2D eigenvalue weighted by atomic mass is 35.5. The lowest BCUT2D eigenvalue weighted by atomic mass is 10.1. The van der Waals surface area contributed by atoms with Gasteiger partial charge in [0, 0.05) is 12.1 Å². The van der Waals surface area contributed by atoms with Crippen LogP contribution in [0.2, 0.25) is 5.02 Å². The third kappa shape index (κ3) is 5.75. The van der Waals surface area contributed by atoms with Gasteiger partial charge in [0.25, 0.3) is 17.5 Å². The number of anilines is 3. The van der Waals surface area contributed by atoms with Gasteiger partial charge >= 0.3 is 0 Å². The van der Waals surface area contributed by atoms with E-state index in [-0.39, 0.29) is 37.8 Å². The Balaban J connectivity index is 1.78. The minimum absolute atomic E-state index is 0.0203. The van der Waals surface area contributed by atoms with Crippen molar-refractivity contribution in [2.75, 3.05) is 21.6 Å². The summed E-state index contributed by atoms with van der Waals surface area (Å²) >= 11 is 6.79. The number of nitro benzene ring substituents is 1. The fraction of sp³-hybridized carbons (Fsp3) is 0.0588. The molecule has 1 aromatic heterocycles. The first-order chi connectivity index (χ1) is 15.0. The number of halogens is 1. The summed E-state index contributed by atoms with van der Waals surface area (Å²) in [5.41, 5.74) is -0.0728. The third-order valence-electron chi connectivity index (χ3n) is 3.75. The zero-order chi connectivity index (χ0) is 23.5. The Labute approximate surface area is 189 Å². The van der Waals surface area contributed by atoms with Crippen LogP contribution in [-0.2, 0) is 10.0 Å². The molecule has 2 amide bonds. The number of carbonyl (C=O) groups excluding carboxylic acids is 2. The Hall–Kier alpha value is -3.62. The number of nitrogens with one attached hydrogen (secondary N) is 3. The molecule has 3 aromatic rings. The molecule has 12 nitrogen and oxygen atoms in total. The summed E-state index contributed by atoms with van der Waals surface area (Å²) in [6.45, 7) is 0. The predicted octanol–water partition coefficient (Wildman–Crippen LogP) is 2.98. The second-order valence-electron chi connectivity index (χ2n) is 6.16. The molecule has 0 unspecified atom stereocenters. The highest BCUT2D eigenvalue weighted by Crippen LogP contribution is 2.26. The largest absolute Gasteiger partial charge is 0.321 e. The van der Waals surface area contributed by atoms with Crippen molar-refractivity contribution in [2.45, 2.75) is 0 Å². The monoisotopic (exact) mass is 496 g/mol. The van der Waals surface area contributed by atoms with E-state index in [1.807, 2.05) is 0 Å². The summed E-state index contributed by atoms with van der Waals surface area (Å²) in [7, 11) is -3.55. The van der Waals surface area contributed by atoms with Gasteiger partial charge in [0.2, 0.25) is 20.3 Å². The third-order valence-corrected chi connectivity index (χ3v) is 5.51. The lowest BCUT2D eigenvalue weighted by Gasteiger charge is -2.11. The van der Waals surface area contributed by atoms with E-state index in [4.69, 9.17) is 11.6 Å². The number of amides is 2. The molecule has 0 atom stereocenters. The Morgan fingerprint density at radius 3 is 2.34 bits per heavy atom. The number of nitro groups is 1. The van der Waals surface area contributed by atoms with E-state index in [9.17, 15) is 28.1 Å². The van der Waals surface area contributed by atoms with Gasteiger partial charge in [0.15, 0.2) is 0 Å². The first-order valence-corrected chi connectivity index (χ1v) is 11.6. The molecule has 3 N–H and O–H groups in total. The smallest absolute Gasteiger partial charge is 0.270 e. The van der Waals surface area contributed by atoms with Crippen molar-refractivity contribution in [3.63, 3.8) is 0 Å². The summed E-state index contributed by atoms with van der Waals surface area (Å²) in [4.78, 5) is 35.5. The van der Waals surface area contributed by atoms with Crippen molar-refractivity contribution in [1.29, 1.82) is 0 Å². The van der Waals surface area contributed by atoms with Crippen molar-refractivity contribution in [3.05, 3.63) is 68.7 Å². The van der Waals surface area contributed by atoms with E-state index < -0.39 is 26.8 Å². The molecule has 0 aliphatic carbocycles. The lowest BCUT2D eigenvalue weighted by Crippen LogP contribution is -2.18. The van der Waals surface area contributed by atoms with Crippen LogP contribution in [-0.4, -0.2) is 41.6 Å². The van der Waals surface area contributed by atoms with Gasteiger partial charge < -0.3 is 5.32 Å². The van der Waals surface area contributed by atoms with Crippen LogP contribution in [0.3, 0.4) is 0 Å². The van der Waals surface area contributed by atoms with Gasteiger partial charge in [-0.3, -0.25) is 29.7 Å². The van der Waals surface area contributed by atoms with Crippen LogP contribution in [0, 0.1) is 10.1 Å². The fourth-order valence-electron chi connectivity index (χ4n) is 2.42. The number of benzene rings is 2. The number of rotatable bonds is 7. The molecule has 1 heterocycles. The molecule has 3 rings (SSSR count). The molecule has 0 fully saturated rings. The van der Waals surface area contributed by atoms with Gasteiger partial charge in [-0.15, -0.1) is 10.2 Å². The summed E-state index contributed by atoms with van der Waals surface area (Å²) < 4.78 is 24.6. The number of sulfonamides is 1. The predicted molar refractivity (Wildman–Crippen MR) is 119 cm³/mol. The van der Waals surface area contributed by atoms with Crippen LogP contribution in [0.5, 0.6) is 0 Å². The zero-order valence-electron chi connectivity index (χ0n) is 16.0. The van der Waals surface area contributed by atoms with Gasteiger partial charge in [0.05, 0.1) is 33.0 Å². The van der Waals surface area contributed by atoms with Crippen molar-refractivity contribution < 1.29 is 22.9 Å². The van der Waals surface area contributed by atoms with Crippen LogP contribution in [0.4, 0.5) is 21.6 Å². The Morgan fingerprint density at radius 2 is 1.69 bits per heavy atom. The number of hydrogen-bond acceptors (Lipinski definition) is 9. The van der Waals surface area contributed by atoms with Gasteiger partial charge in [-0.25, -0.2) is 8.42 Å². The van der Waals surface area contributed by atoms with Gasteiger partial charge in [-0.1, -0.05) is 35.1 Å². The second kappa shape index (κ2) is 9.25. The van der Waals surface area contributed by atoms with Crippen molar-refractivity contribution in [3.8, 4) is 0 Å². The quantitative estimate of drug-likeness (QED) is 0.330. The fourth-order valence-corrected chi connectivity index (χ4v) is 4.15. The molecule has 0 saturated heterocycles. The highest BCUT2D eigenvalue weighted by molar-refractivity contribution is 7.92. The molecule has 166 valence electrons. The average Bonchev–Trinajstić information content (AvgIpc) is 3.12. The lowest BCUT2D eigenvalue weighted by molar-refractivity contribution is -0.384. The normalized spacial score (nSPS) is 10.9. The van der Waals surface area contributed by atoms with Crippen LogP contribution < -0.4 is 15.4 Å². The van der Waals surface area contributed by atoms with Gasteiger partial charge in [-0.05, 0) is 18.2 Å². The van der Waals surface area contributed by atoms with Crippen LogP contribution in [0.1, 0.15) is 20.7 Å². The van der Waals surface area contributed by atoms with E-state index >= 15 is 0 Å². The SMILES string of the molecule is CS(=O)(=O)Nc1nnc(NC(=O)c2ccccc2NC(=O)c2ccc([N+](=O)[O-])cc2Cl)s1. The van der Waals surface area contributed by atoms with E-state index in [2.05, 4.69) is 25.6 Å². The molecule has 0 bridgehead atoms. The van der Waals surface area contributed by atoms with E-state index in [1.54, 1.807) is 12.1 Å². The number of nitrogens with zero attached hydrogens (tertiary/aromatic N) is 3. The standard InChI is InChI=1S/C17H13ClN6O6S2/c1-32(29,30)23-17-22-21-16(31-17)20-15(26)11-4-2-3-5-13(11)19-14(25)10-7-6-9(24(27)28)8-12(10)18/h2-8H,1H3,(H,19,25)(H,22,23)(H,20,21,26). The molecule has 32 heavy (non-hydrogen) atoms. The number of non-ortho nitro benzene ring substituents is 1. The maximum absolute atomic E-state index is 12.7. The minimum atomic E-state index is -3.55. The average molecular weight is 497 g/mol. The van der Waals surface area contributed by atoms with Gasteiger partial charge in [0.1, 0.15) is 0 Å². The topological polar surface area (TPSA) is 173 Å². The molecule has 0 aliphatic heterocycles. The van der Waals surface area contributed by atoms with E-state index in [0.717, 1.165) is 29.7 Å². The highest BCUT2D eigenvalue weighted by Gasteiger charge is 2.19. The molecule has 0 spiro atoms. The number of para-hydroxylation sites is 1. The number of carbonyl (C=O) groups is 2. The first-order valence-electron chi connectivity index (χ1n) is 8.50. The van der Waals surface area contributed by atoms with E-state index in [1.165, 1.54) is 18.2 Å². The van der Waals surface area contributed by atoms with E-state index in [0.29, 0.717) is 0 Å². The molecule has 0 saturated carbocycles. The van der Waals surface area contributed by atoms with Crippen LogP contribution in [0.25, 0.3) is 0 Å². The minimum Gasteiger partial charge on any atom is -0.321 e. The number of aromatic nitrogens is 2. The van der Waals surface area contributed by atoms with Gasteiger partial charge in [-0.2, -0.15) is 0 Å². The second-order valence-corrected chi connectivity index (χ2v) is 9.29. The molecular formula is C17H13ClN6O6S2. The molecule has 0 aliphatic rings. The molecular weight excluding hydrogens is 484 g/mol. The van der Waals surface area contributed by atoms with Crippen molar-refractivity contribution >= 4 is 66.4 Å².